The highest BCUT2D eigenvalue weighted by Gasteiger charge is 2.15. The third-order valence-corrected chi connectivity index (χ3v) is 2.84. The van der Waals surface area contributed by atoms with Crippen LogP contribution in [0.4, 0.5) is 10.5 Å². The molecule has 24 heavy (non-hydrogen) atoms. The van der Waals surface area contributed by atoms with Gasteiger partial charge in [0.15, 0.2) is 0 Å². The lowest BCUT2D eigenvalue weighted by atomic mass is 10.2. The Hall–Kier alpha value is -3.42. The number of nitro benzene ring substituents is 1. The van der Waals surface area contributed by atoms with Crippen molar-refractivity contribution in [2.24, 2.45) is 5.10 Å². The zero-order valence-electron chi connectivity index (χ0n) is 12.8. The van der Waals surface area contributed by atoms with Crippen LogP contribution in [0.3, 0.4) is 0 Å². The van der Waals surface area contributed by atoms with E-state index >= 15 is 0 Å². The second-order valence-corrected chi connectivity index (χ2v) is 4.46. The SMILES string of the molecule is CCOC(=O)N/N=C\c1ccccc1Oc1ccccc1[N+](=O)[O-]. The zero-order valence-corrected chi connectivity index (χ0v) is 12.8. The third-order valence-electron chi connectivity index (χ3n) is 2.84. The predicted octanol–water partition coefficient (Wildman–Crippen LogP) is 3.47. The van der Waals surface area contributed by atoms with Gasteiger partial charge in [0.1, 0.15) is 5.75 Å². The van der Waals surface area contributed by atoms with Gasteiger partial charge in [-0.1, -0.05) is 24.3 Å². The first kappa shape index (κ1) is 16.9. The first-order chi connectivity index (χ1) is 11.6. The maximum Gasteiger partial charge on any atom is 0.427 e. The summed E-state index contributed by atoms with van der Waals surface area (Å²) in [6, 6.07) is 12.9. The Labute approximate surface area is 137 Å². The average Bonchev–Trinajstić information content (AvgIpc) is 2.57. The minimum Gasteiger partial charge on any atom is -0.449 e. The van der Waals surface area contributed by atoms with Gasteiger partial charge in [0.25, 0.3) is 0 Å². The Balaban J connectivity index is 2.19. The minimum atomic E-state index is -0.675. The van der Waals surface area contributed by atoms with Crippen molar-refractivity contribution in [3.05, 3.63) is 64.2 Å². The highest BCUT2D eigenvalue weighted by Crippen LogP contribution is 2.31. The van der Waals surface area contributed by atoms with Crippen molar-refractivity contribution in [3.63, 3.8) is 0 Å². The molecule has 0 saturated heterocycles. The van der Waals surface area contributed by atoms with E-state index in [-0.39, 0.29) is 18.0 Å². The van der Waals surface area contributed by atoms with Crippen molar-refractivity contribution in [1.82, 2.24) is 5.43 Å². The molecule has 0 unspecified atom stereocenters. The summed E-state index contributed by atoms with van der Waals surface area (Å²) in [6.07, 6.45) is 0.687. The summed E-state index contributed by atoms with van der Waals surface area (Å²) in [6.45, 7) is 1.91. The molecule has 0 aliphatic rings. The fourth-order valence-corrected chi connectivity index (χ4v) is 1.81. The van der Waals surface area contributed by atoms with E-state index in [4.69, 9.17) is 4.74 Å². The molecule has 0 fully saturated rings. The Kier molecular flexibility index (Phi) is 5.84. The summed E-state index contributed by atoms with van der Waals surface area (Å²) < 4.78 is 10.3. The molecule has 0 saturated carbocycles. The summed E-state index contributed by atoms with van der Waals surface area (Å²) in [5.74, 6) is 0.475. The first-order valence-corrected chi connectivity index (χ1v) is 7.08. The highest BCUT2D eigenvalue weighted by atomic mass is 16.6. The zero-order chi connectivity index (χ0) is 17.4. The molecule has 2 rings (SSSR count). The van der Waals surface area contributed by atoms with Gasteiger partial charge in [-0.3, -0.25) is 10.1 Å². The van der Waals surface area contributed by atoms with Crippen LogP contribution < -0.4 is 10.2 Å². The molecule has 0 aliphatic carbocycles. The quantitative estimate of drug-likeness (QED) is 0.496. The van der Waals surface area contributed by atoms with Crippen molar-refractivity contribution < 1.29 is 19.2 Å². The molecular weight excluding hydrogens is 314 g/mol. The molecule has 0 radical (unpaired) electrons. The Morgan fingerprint density at radius 3 is 2.58 bits per heavy atom. The predicted molar refractivity (Wildman–Crippen MR) is 87.4 cm³/mol. The summed E-state index contributed by atoms with van der Waals surface area (Å²) in [4.78, 5) is 21.7. The second-order valence-electron chi connectivity index (χ2n) is 4.46. The van der Waals surface area contributed by atoms with E-state index in [1.807, 2.05) is 0 Å². The van der Waals surface area contributed by atoms with Crippen LogP contribution in [0.1, 0.15) is 12.5 Å². The van der Waals surface area contributed by atoms with Crippen molar-refractivity contribution >= 4 is 18.0 Å². The molecule has 2 aromatic rings. The van der Waals surface area contributed by atoms with Gasteiger partial charge in [-0.15, -0.1) is 0 Å². The summed E-state index contributed by atoms with van der Waals surface area (Å²) in [5.41, 5.74) is 2.59. The molecule has 0 spiro atoms. The van der Waals surface area contributed by atoms with E-state index in [0.29, 0.717) is 11.3 Å². The molecule has 2 aromatic carbocycles. The minimum absolute atomic E-state index is 0.113. The van der Waals surface area contributed by atoms with Crippen molar-refractivity contribution in [2.75, 3.05) is 6.61 Å². The molecule has 8 heteroatoms. The highest BCUT2D eigenvalue weighted by molar-refractivity contribution is 5.84. The van der Waals surface area contributed by atoms with Crippen LogP contribution in [-0.4, -0.2) is 23.8 Å². The van der Waals surface area contributed by atoms with Crippen LogP contribution in [0.25, 0.3) is 0 Å². The van der Waals surface area contributed by atoms with Crippen molar-refractivity contribution in [2.45, 2.75) is 6.92 Å². The molecule has 0 bridgehead atoms. The number of rotatable bonds is 6. The number of carbonyl (C=O) groups excluding carboxylic acids is 1. The molecule has 1 N–H and O–H groups in total. The fraction of sp³-hybridized carbons (Fsp3) is 0.125. The van der Waals surface area contributed by atoms with Crippen LogP contribution in [-0.2, 0) is 4.74 Å². The fourth-order valence-electron chi connectivity index (χ4n) is 1.81. The van der Waals surface area contributed by atoms with Crippen LogP contribution in [0.5, 0.6) is 11.5 Å². The smallest absolute Gasteiger partial charge is 0.427 e. The summed E-state index contributed by atoms with van der Waals surface area (Å²) >= 11 is 0. The Morgan fingerprint density at radius 2 is 1.88 bits per heavy atom. The maximum atomic E-state index is 11.2. The molecule has 0 aliphatic heterocycles. The topological polar surface area (TPSA) is 103 Å². The van der Waals surface area contributed by atoms with Crippen LogP contribution >= 0.6 is 0 Å². The van der Waals surface area contributed by atoms with Gasteiger partial charge in [-0.05, 0) is 25.1 Å². The molecular formula is C16H15N3O5. The number of ether oxygens (including phenoxy) is 2. The number of nitrogens with one attached hydrogen (secondary N) is 1. The molecule has 0 heterocycles. The number of nitrogens with zero attached hydrogens (tertiary/aromatic N) is 2. The largest absolute Gasteiger partial charge is 0.449 e. The van der Waals surface area contributed by atoms with Gasteiger partial charge in [-0.25, -0.2) is 10.2 Å². The van der Waals surface area contributed by atoms with Gasteiger partial charge in [-0.2, -0.15) is 5.10 Å². The number of para-hydroxylation sites is 3. The number of hydrogen-bond donors (Lipinski definition) is 1. The van der Waals surface area contributed by atoms with Crippen LogP contribution in [0.2, 0.25) is 0 Å². The van der Waals surface area contributed by atoms with Crippen LogP contribution in [0.15, 0.2) is 53.6 Å². The number of amides is 1. The lowest BCUT2D eigenvalue weighted by Gasteiger charge is -2.08. The number of carbonyl (C=O) groups is 1. The van der Waals surface area contributed by atoms with E-state index in [2.05, 4.69) is 15.3 Å². The van der Waals surface area contributed by atoms with Gasteiger partial charge in [0.2, 0.25) is 5.75 Å². The third kappa shape index (κ3) is 4.54. The van der Waals surface area contributed by atoms with E-state index in [1.54, 1.807) is 43.3 Å². The summed E-state index contributed by atoms with van der Waals surface area (Å²) in [7, 11) is 0. The summed E-state index contributed by atoms with van der Waals surface area (Å²) in [5, 5.41) is 14.8. The Morgan fingerprint density at radius 1 is 1.21 bits per heavy atom. The molecule has 8 nitrogen and oxygen atoms in total. The van der Waals surface area contributed by atoms with Crippen molar-refractivity contribution in [3.8, 4) is 11.5 Å². The van der Waals surface area contributed by atoms with Gasteiger partial charge < -0.3 is 9.47 Å². The van der Waals surface area contributed by atoms with Gasteiger partial charge in [0.05, 0.1) is 17.7 Å². The van der Waals surface area contributed by atoms with E-state index in [9.17, 15) is 14.9 Å². The molecule has 124 valence electrons. The van der Waals surface area contributed by atoms with E-state index < -0.39 is 11.0 Å². The number of nitro groups is 1. The molecule has 1 amide bonds. The normalized spacial score (nSPS) is 10.4. The first-order valence-electron chi connectivity index (χ1n) is 7.08. The second kappa shape index (κ2) is 8.28. The van der Waals surface area contributed by atoms with Gasteiger partial charge >= 0.3 is 11.8 Å². The van der Waals surface area contributed by atoms with Crippen molar-refractivity contribution in [1.29, 1.82) is 0 Å². The lowest BCUT2D eigenvalue weighted by molar-refractivity contribution is -0.385. The molecule has 0 aromatic heterocycles. The maximum absolute atomic E-state index is 11.2. The average molecular weight is 329 g/mol. The van der Waals surface area contributed by atoms with Crippen LogP contribution in [0, 0.1) is 10.1 Å². The number of benzene rings is 2. The standard InChI is InChI=1S/C16H15N3O5/c1-2-23-16(20)18-17-11-12-7-3-5-9-14(12)24-15-10-6-4-8-13(15)19(21)22/h3-11H,2H2,1H3,(H,18,20)/b17-11-. The number of hydrazone groups is 1. The lowest BCUT2D eigenvalue weighted by Crippen LogP contribution is -2.18. The van der Waals surface area contributed by atoms with E-state index in [0.717, 1.165) is 0 Å². The number of hydrogen-bond acceptors (Lipinski definition) is 6. The molecule has 0 atom stereocenters. The van der Waals surface area contributed by atoms with E-state index in [1.165, 1.54) is 18.3 Å². The monoisotopic (exact) mass is 329 g/mol. The Bertz CT molecular complexity index is 761. The van der Waals surface area contributed by atoms with Gasteiger partial charge in [0, 0.05) is 11.6 Å².